The third-order valence-electron chi connectivity index (χ3n) is 1.01. The number of benzene rings is 1. The molecule has 0 nitrogen and oxygen atoms in total. The molecule has 0 N–H and O–H groups in total. The van der Waals surface area contributed by atoms with Crippen LogP contribution in [0.4, 0.5) is 0 Å². The molecule has 0 fully saturated rings. The summed E-state index contributed by atoms with van der Waals surface area (Å²) in [4.78, 5) is 2.32. The van der Waals surface area contributed by atoms with Crippen molar-refractivity contribution in [1.29, 1.82) is 0 Å². The van der Waals surface area contributed by atoms with Gasteiger partial charge in [0, 0.05) is 0 Å². The first-order valence-corrected chi connectivity index (χ1v) is 6.85. The Hall–Kier alpha value is 0.0187. The first kappa shape index (κ1) is 6.14. The minimum absolute atomic E-state index is 0.164. The van der Waals surface area contributed by atoms with Gasteiger partial charge in [-0.15, -0.1) is 0 Å². The molecule has 0 aliphatic heterocycles. The molecule has 0 aromatic heterocycles. The van der Waals surface area contributed by atoms with Crippen molar-refractivity contribution < 1.29 is 0 Å². The Balaban J connectivity index is 2.83. The normalized spacial score (nSPS) is 9.12. The van der Waals surface area contributed by atoms with E-state index < -0.39 is 0 Å². The maximum absolute atomic E-state index is 2.99. The minimum atomic E-state index is -0.164. The zero-order valence-electron chi connectivity index (χ0n) is 4.81. The van der Waals surface area contributed by atoms with Gasteiger partial charge in [0.25, 0.3) is 0 Å². The second-order valence-corrected chi connectivity index (χ2v) is 4.61. The van der Waals surface area contributed by atoms with Crippen molar-refractivity contribution in [3.63, 3.8) is 0 Å². The number of hydrogen-bond acceptors (Lipinski definition) is 0. The van der Waals surface area contributed by atoms with E-state index in [0.717, 1.165) is 0 Å². The average Bonchev–Trinajstić information content (AvgIpc) is 1.90. The van der Waals surface area contributed by atoms with Crippen LogP contribution in [0.15, 0.2) is 24.3 Å². The molecule has 0 spiro atoms. The Kier molecular flexibility index (Phi) is 2.40. The Morgan fingerprint density at radius 3 is 2.38 bits per heavy atom. The molecule has 8 heavy (non-hydrogen) atoms. The van der Waals surface area contributed by atoms with Crippen molar-refractivity contribution in [2.24, 2.45) is 0 Å². The average molecular weight is 210 g/mol. The summed E-state index contributed by atoms with van der Waals surface area (Å²) in [5.41, 5.74) is 0. The molecule has 0 unspecified atom stereocenters. The summed E-state index contributed by atoms with van der Waals surface area (Å²) in [5, 5.41) is 0. The Bertz CT molecular complexity index is 146. The predicted octanol–water partition coefficient (Wildman–Crippen LogP) is 0.864. The Labute approximate surface area is 60.1 Å². The molecule has 0 heterocycles. The molecule has 0 bridgehead atoms. The Morgan fingerprint density at radius 2 is 2.00 bits per heavy atom. The molecular weight excluding hydrogens is 203 g/mol. The predicted molar refractivity (Wildman–Crippen MR) is 36.5 cm³/mol. The summed E-state index contributed by atoms with van der Waals surface area (Å²) in [7, 11) is 0. The van der Waals surface area contributed by atoms with Crippen LogP contribution in [0.25, 0.3) is 0 Å². The van der Waals surface area contributed by atoms with Gasteiger partial charge in [-0.2, -0.15) is 0 Å². The molecular formula is C7H7Sn. The molecule has 3 radical (unpaired) electrons. The summed E-state index contributed by atoms with van der Waals surface area (Å²) in [5.74, 6) is 0. The molecule has 0 aliphatic carbocycles. The van der Waals surface area contributed by atoms with Crippen molar-refractivity contribution in [1.82, 2.24) is 0 Å². The van der Waals surface area contributed by atoms with Gasteiger partial charge in [0.05, 0.1) is 0 Å². The van der Waals surface area contributed by atoms with Crippen LogP contribution in [0, 0.1) is 6.07 Å². The standard InChI is InChI=1S/C6H4.CH3.Sn/c1-2-4-6-5-3-1;;/h1-2,5-6H;1H3;. The van der Waals surface area contributed by atoms with E-state index in [2.05, 4.69) is 23.1 Å². The van der Waals surface area contributed by atoms with E-state index in [9.17, 15) is 0 Å². The zero-order valence-corrected chi connectivity index (χ0v) is 7.66. The molecule has 0 amide bonds. The van der Waals surface area contributed by atoms with Gasteiger partial charge in [0.15, 0.2) is 0 Å². The van der Waals surface area contributed by atoms with Gasteiger partial charge in [-0.05, 0) is 0 Å². The van der Waals surface area contributed by atoms with Gasteiger partial charge < -0.3 is 0 Å². The van der Waals surface area contributed by atoms with Gasteiger partial charge in [0.2, 0.25) is 0 Å². The van der Waals surface area contributed by atoms with Crippen LogP contribution < -0.4 is 3.58 Å². The summed E-state index contributed by atoms with van der Waals surface area (Å²) in [6.07, 6.45) is 0. The van der Waals surface area contributed by atoms with Crippen LogP contribution >= 0.6 is 0 Å². The van der Waals surface area contributed by atoms with Gasteiger partial charge in [-0.25, -0.2) is 0 Å². The molecule has 1 rings (SSSR count). The van der Waals surface area contributed by atoms with Crippen molar-refractivity contribution in [2.45, 2.75) is 4.94 Å². The van der Waals surface area contributed by atoms with E-state index in [0.29, 0.717) is 0 Å². The molecule has 1 aromatic rings. The van der Waals surface area contributed by atoms with Crippen LogP contribution in [0.5, 0.6) is 0 Å². The van der Waals surface area contributed by atoms with E-state index in [4.69, 9.17) is 0 Å². The molecule has 1 heteroatoms. The fourth-order valence-corrected chi connectivity index (χ4v) is 1.98. The van der Waals surface area contributed by atoms with Gasteiger partial charge >= 0.3 is 60.0 Å². The monoisotopic (exact) mass is 211 g/mol. The topological polar surface area (TPSA) is 0 Å². The SMILES string of the molecule is [CH3][Sn][c]1cc[c]cc1. The quantitative estimate of drug-likeness (QED) is 0.603. The fourth-order valence-electron chi connectivity index (χ4n) is 0.554. The van der Waals surface area contributed by atoms with Crippen LogP contribution in [-0.2, 0) is 0 Å². The maximum atomic E-state index is 2.99. The Morgan fingerprint density at radius 1 is 1.38 bits per heavy atom. The first-order valence-electron chi connectivity index (χ1n) is 2.57. The summed E-state index contributed by atoms with van der Waals surface area (Å²) >= 11 is -0.164. The van der Waals surface area contributed by atoms with Crippen molar-refractivity contribution in [3.05, 3.63) is 30.3 Å². The van der Waals surface area contributed by atoms with E-state index in [1.54, 1.807) is 3.58 Å². The van der Waals surface area contributed by atoms with Crippen molar-refractivity contribution >= 4 is 24.7 Å². The van der Waals surface area contributed by atoms with E-state index >= 15 is 0 Å². The third kappa shape index (κ3) is 1.51. The number of rotatable bonds is 1. The summed E-state index contributed by atoms with van der Waals surface area (Å²) in [6, 6.07) is 11.3. The number of hydrogen-bond donors (Lipinski definition) is 0. The second-order valence-electron chi connectivity index (χ2n) is 1.54. The van der Waals surface area contributed by atoms with Crippen molar-refractivity contribution in [2.75, 3.05) is 0 Å². The molecule has 0 aliphatic rings. The van der Waals surface area contributed by atoms with E-state index in [1.807, 2.05) is 12.1 Å². The van der Waals surface area contributed by atoms with Crippen molar-refractivity contribution in [3.8, 4) is 0 Å². The van der Waals surface area contributed by atoms with Crippen LogP contribution in [0.1, 0.15) is 0 Å². The fraction of sp³-hybridized carbons (Fsp3) is 0.143. The summed E-state index contributed by atoms with van der Waals surface area (Å²) < 4.78 is 1.55. The molecule has 0 saturated carbocycles. The van der Waals surface area contributed by atoms with Crippen LogP contribution in [0.3, 0.4) is 0 Å². The van der Waals surface area contributed by atoms with Gasteiger partial charge in [-0.1, -0.05) is 0 Å². The van der Waals surface area contributed by atoms with Gasteiger partial charge in [-0.3, -0.25) is 0 Å². The molecule has 0 saturated heterocycles. The molecule has 1 aromatic carbocycles. The first-order chi connectivity index (χ1) is 3.93. The second kappa shape index (κ2) is 3.13. The van der Waals surface area contributed by atoms with E-state index in [1.165, 1.54) is 0 Å². The molecule has 39 valence electrons. The summed E-state index contributed by atoms with van der Waals surface area (Å²) in [6.45, 7) is 0. The van der Waals surface area contributed by atoms with Crippen LogP contribution in [-0.4, -0.2) is 21.1 Å². The van der Waals surface area contributed by atoms with Crippen LogP contribution in [0.2, 0.25) is 4.94 Å². The molecule has 0 atom stereocenters. The third-order valence-corrected chi connectivity index (χ3v) is 3.61. The van der Waals surface area contributed by atoms with Gasteiger partial charge in [0.1, 0.15) is 0 Å². The van der Waals surface area contributed by atoms with E-state index in [-0.39, 0.29) is 21.1 Å². The zero-order chi connectivity index (χ0) is 5.82.